The molecule has 0 saturated carbocycles. The van der Waals surface area contributed by atoms with Gasteiger partial charge in [0.05, 0.1) is 18.0 Å². The lowest BCUT2D eigenvalue weighted by Crippen LogP contribution is -2.12. The number of benzene rings is 1. The highest BCUT2D eigenvalue weighted by Crippen LogP contribution is 2.28. The van der Waals surface area contributed by atoms with E-state index in [1.165, 1.54) is 25.3 Å². The number of amides is 1. The Morgan fingerprint density at radius 2 is 2.08 bits per heavy atom. The van der Waals surface area contributed by atoms with Gasteiger partial charge in [-0.25, -0.2) is 10.1 Å². The molecule has 0 spiro atoms. The number of hydrazone groups is 1. The van der Waals surface area contributed by atoms with Gasteiger partial charge in [0.1, 0.15) is 10.6 Å². The van der Waals surface area contributed by atoms with Gasteiger partial charge in [0.2, 0.25) is 5.91 Å². The molecule has 1 N–H and O–H groups in total. The van der Waals surface area contributed by atoms with Gasteiger partial charge in [-0.05, 0) is 30.3 Å². The predicted octanol–water partition coefficient (Wildman–Crippen LogP) is 3.16. The minimum Gasteiger partial charge on any atom is -0.399 e. The van der Waals surface area contributed by atoms with Crippen molar-refractivity contribution in [3.05, 3.63) is 63.3 Å². The Bertz CT molecular complexity index is 990. The van der Waals surface area contributed by atoms with Crippen LogP contribution in [0.5, 0.6) is 0 Å². The number of hydrogen-bond donors (Lipinski definition) is 1. The summed E-state index contributed by atoms with van der Waals surface area (Å²) in [6.07, 6.45) is 3.03. The number of halogens is 1. The summed E-state index contributed by atoms with van der Waals surface area (Å²) in [5, 5.41) is 19.6. The van der Waals surface area contributed by atoms with Crippen molar-refractivity contribution in [3.8, 4) is 17.1 Å². The first-order chi connectivity index (χ1) is 12.4. The zero-order valence-electron chi connectivity index (χ0n) is 13.4. The number of nitrogens with one attached hydrogen (secondary N) is 1. The van der Waals surface area contributed by atoms with Crippen LogP contribution in [-0.2, 0) is 4.79 Å². The largest absolute Gasteiger partial charge is 0.433 e. The van der Waals surface area contributed by atoms with Crippen LogP contribution in [0.25, 0.3) is 17.1 Å². The number of furan rings is 1. The van der Waals surface area contributed by atoms with Crippen molar-refractivity contribution in [1.29, 1.82) is 0 Å². The van der Waals surface area contributed by atoms with E-state index in [2.05, 4.69) is 15.6 Å². The molecule has 0 saturated heterocycles. The Hall–Kier alpha value is -3.46. The molecule has 0 atom stereocenters. The van der Waals surface area contributed by atoms with Gasteiger partial charge in [0.15, 0.2) is 5.76 Å². The lowest BCUT2D eigenvalue weighted by atomic mass is 10.2. The van der Waals surface area contributed by atoms with E-state index >= 15 is 0 Å². The third-order valence-electron chi connectivity index (χ3n) is 3.26. The standard InChI is InChI=1S/C16H12ClN5O4/c1-10(23)19-18-8-11-9-21(13-4-2-12(17)3-5-13)20-16(11)14-6-7-15(26-14)22(24)25/h2-9H,1H3,(H,19,23). The van der Waals surface area contributed by atoms with Gasteiger partial charge in [-0.3, -0.25) is 14.9 Å². The van der Waals surface area contributed by atoms with Gasteiger partial charge in [-0.15, -0.1) is 0 Å². The summed E-state index contributed by atoms with van der Waals surface area (Å²) >= 11 is 5.89. The zero-order valence-corrected chi connectivity index (χ0v) is 14.2. The smallest absolute Gasteiger partial charge is 0.399 e. The number of nitro groups is 1. The molecule has 9 nitrogen and oxygen atoms in total. The number of hydrogen-bond acceptors (Lipinski definition) is 6. The summed E-state index contributed by atoms with van der Waals surface area (Å²) < 4.78 is 6.77. The van der Waals surface area contributed by atoms with Crippen molar-refractivity contribution in [2.24, 2.45) is 5.10 Å². The van der Waals surface area contributed by atoms with Crippen LogP contribution < -0.4 is 5.43 Å². The van der Waals surface area contributed by atoms with Crippen molar-refractivity contribution in [3.63, 3.8) is 0 Å². The summed E-state index contributed by atoms with van der Waals surface area (Å²) in [4.78, 5) is 21.2. The highest BCUT2D eigenvalue weighted by atomic mass is 35.5. The van der Waals surface area contributed by atoms with E-state index in [-0.39, 0.29) is 11.7 Å². The zero-order chi connectivity index (χ0) is 18.7. The Kier molecular flexibility index (Phi) is 4.81. The fraction of sp³-hybridized carbons (Fsp3) is 0.0625. The number of carbonyl (C=O) groups excluding carboxylic acids is 1. The normalized spacial score (nSPS) is 11.0. The SMILES string of the molecule is CC(=O)NN=Cc1cn(-c2ccc(Cl)cc2)nc1-c1ccc([N+](=O)[O-])o1. The van der Waals surface area contributed by atoms with Crippen LogP contribution in [0.15, 0.2) is 52.1 Å². The van der Waals surface area contributed by atoms with Crippen molar-refractivity contribution >= 4 is 29.6 Å². The summed E-state index contributed by atoms with van der Waals surface area (Å²) in [6.45, 7) is 1.32. The average molecular weight is 374 g/mol. The first-order valence-electron chi connectivity index (χ1n) is 7.34. The van der Waals surface area contributed by atoms with Gasteiger partial charge in [-0.2, -0.15) is 10.2 Å². The van der Waals surface area contributed by atoms with Crippen LogP contribution in [0, 0.1) is 10.1 Å². The van der Waals surface area contributed by atoms with Gasteiger partial charge in [0.25, 0.3) is 0 Å². The molecule has 1 amide bonds. The molecule has 1 aromatic carbocycles. The van der Waals surface area contributed by atoms with E-state index in [0.717, 1.165) is 5.69 Å². The molecule has 0 unspecified atom stereocenters. The van der Waals surface area contributed by atoms with Crippen LogP contribution in [0.2, 0.25) is 5.02 Å². The first kappa shape index (κ1) is 17.4. The van der Waals surface area contributed by atoms with Crippen LogP contribution in [0.1, 0.15) is 12.5 Å². The van der Waals surface area contributed by atoms with E-state index in [4.69, 9.17) is 16.0 Å². The molecule has 0 aliphatic heterocycles. The Labute approximate surface area is 152 Å². The third-order valence-corrected chi connectivity index (χ3v) is 3.52. The number of carbonyl (C=O) groups is 1. The number of nitrogens with zero attached hydrogens (tertiary/aromatic N) is 4. The Morgan fingerprint density at radius 1 is 1.35 bits per heavy atom. The van der Waals surface area contributed by atoms with E-state index in [1.54, 1.807) is 35.1 Å². The molecular weight excluding hydrogens is 362 g/mol. The summed E-state index contributed by atoms with van der Waals surface area (Å²) in [5.41, 5.74) is 3.84. The van der Waals surface area contributed by atoms with Crippen LogP contribution in [0.4, 0.5) is 5.88 Å². The molecule has 3 aromatic rings. The molecule has 132 valence electrons. The first-order valence-corrected chi connectivity index (χ1v) is 7.71. The third kappa shape index (κ3) is 3.78. The molecule has 2 heterocycles. The van der Waals surface area contributed by atoms with E-state index in [0.29, 0.717) is 16.3 Å². The summed E-state index contributed by atoms with van der Waals surface area (Å²) in [6, 6.07) is 9.63. The molecule has 0 radical (unpaired) electrons. The highest BCUT2D eigenvalue weighted by molar-refractivity contribution is 6.30. The molecule has 0 aliphatic carbocycles. The molecule has 0 aliphatic rings. The quantitative estimate of drug-likeness (QED) is 0.419. The average Bonchev–Trinajstić information content (AvgIpc) is 3.22. The van der Waals surface area contributed by atoms with Crippen molar-refractivity contribution < 1.29 is 14.1 Å². The van der Waals surface area contributed by atoms with Gasteiger partial charge >= 0.3 is 5.88 Å². The Balaban J connectivity index is 2.04. The van der Waals surface area contributed by atoms with Gasteiger partial charge < -0.3 is 4.42 Å². The van der Waals surface area contributed by atoms with Crippen LogP contribution in [0.3, 0.4) is 0 Å². The molecule has 26 heavy (non-hydrogen) atoms. The predicted molar refractivity (Wildman–Crippen MR) is 94.3 cm³/mol. The highest BCUT2D eigenvalue weighted by Gasteiger charge is 2.18. The molecule has 2 aromatic heterocycles. The maximum absolute atomic E-state index is 11.0. The molecule has 3 rings (SSSR count). The monoisotopic (exact) mass is 373 g/mol. The minimum atomic E-state index is -0.634. The van der Waals surface area contributed by atoms with Crippen LogP contribution >= 0.6 is 11.6 Å². The van der Waals surface area contributed by atoms with E-state index in [9.17, 15) is 14.9 Å². The fourth-order valence-electron chi connectivity index (χ4n) is 2.15. The molecular formula is C16H12ClN5O4. The minimum absolute atomic E-state index is 0.202. The van der Waals surface area contributed by atoms with Crippen molar-refractivity contribution in [2.75, 3.05) is 0 Å². The fourth-order valence-corrected chi connectivity index (χ4v) is 2.27. The second kappa shape index (κ2) is 7.19. The van der Waals surface area contributed by atoms with Gasteiger partial charge in [0, 0.05) is 23.7 Å². The lowest BCUT2D eigenvalue weighted by molar-refractivity contribution is -0.401. The topological polar surface area (TPSA) is 116 Å². The molecule has 0 bridgehead atoms. The second-order valence-electron chi connectivity index (χ2n) is 5.18. The van der Waals surface area contributed by atoms with Crippen molar-refractivity contribution in [1.82, 2.24) is 15.2 Å². The Morgan fingerprint density at radius 3 is 2.69 bits per heavy atom. The maximum atomic E-state index is 11.0. The number of rotatable bonds is 5. The van der Waals surface area contributed by atoms with Gasteiger partial charge in [-0.1, -0.05) is 11.6 Å². The molecule has 10 heteroatoms. The number of aromatic nitrogens is 2. The van der Waals surface area contributed by atoms with Crippen LogP contribution in [-0.4, -0.2) is 26.8 Å². The van der Waals surface area contributed by atoms with E-state index < -0.39 is 10.8 Å². The summed E-state index contributed by atoms with van der Waals surface area (Å²) in [7, 11) is 0. The van der Waals surface area contributed by atoms with Crippen molar-refractivity contribution in [2.45, 2.75) is 6.92 Å². The second-order valence-corrected chi connectivity index (χ2v) is 5.61. The molecule has 0 fully saturated rings. The lowest BCUT2D eigenvalue weighted by Gasteiger charge is -2.00. The van der Waals surface area contributed by atoms with E-state index in [1.807, 2.05) is 0 Å². The maximum Gasteiger partial charge on any atom is 0.433 e. The summed E-state index contributed by atoms with van der Waals surface area (Å²) in [5.74, 6) is -0.527.